The van der Waals surface area contributed by atoms with E-state index in [1.54, 1.807) is 59.2 Å². The number of nitrogens with one attached hydrogen (secondary N) is 1. The minimum atomic E-state index is -0.601. The zero-order chi connectivity index (χ0) is 23.1. The molecule has 0 bridgehead atoms. The summed E-state index contributed by atoms with van der Waals surface area (Å²) in [5, 5.41) is 1.47. The number of hydrogen-bond acceptors (Lipinski definition) is 4. The molecule has 2 aromatic carbocycles. The van der Waals surface area contributed by atoms with Crippen LogP contribution in [0.5, 0.6) is 0 Å². The molecule has 3 heterocycles. The second-order valence-electron chi connectivity index (χ2n) is 7.21. The summed E-state index contributed by atoms with van der Waals surface area (Å²) >= 11 is 18.5. The molecule has 0 aliphatic rings. The molecule has 5 aromatic rings. The summed E-state index contributed by atoms with van der Waals surface area (Å²) in [6.07, 6.45) is 1.49. The van der Waals surface area contributed by atoms with Gasteiger partial charge in [0.1, 0.15) is 5.82 Å². The first-order valence-electron chi connectivity index (χ1n) is 9.79. The van der Waals surface area contributed by atoms with Crippen LogP contribution >= 0.6 is 34.8 Å². The summed E-state index contributed by atoms with van der Waals surface area (Å²) < 4.78 is 3.02. The van der Waals surface area contributed by atoms with Gasteiger partial charge in [-0.05, 0) is 48.5 Å². The van der Waals surface area contributed by atoms with E-state index in [9.17, 15) is 9.59 Å². The fourth-order valence-corrected chi connectivity index (χ4v) is 4.05. The zero-order valence-electron chi connectivity index (χ0n) is 16.8. The van der Waals surface area contributed by atoms with Gasteiger partial charge in [0, 0.05) is 22.5 Å². The van der Waals surface area contributed by atoms with E-state index in [4.69, 9.17) is 39.8 Å². The van der Waals surface area contributed by atoms with Crippen LogP contribution in [-0.4, -0.2) is 24.1 Å². The van der Waals surface area contributed by atoms with E-state index in [1.165, 1.54) is 10.8 Å². The number of rotatable bonds is 4. The largest absolute Gasteiger partial charge is 0.330 e. The normalized spacial score (nSPS) is 11.2. The van der Waals surface area contributed by atoms with E-state index in [1.807, 2.05) is 6.07 Å². The first-order valence-corrected chi connectivity index (χ1v) is 10.9. The first kappa shape index (κ1) is 21.5. The third kappa shape index (κ3) is 3.95. The predicted octanol–water partition coefficient (Wildman–Crippen LogP) is 4.95. The molecular weight excluding hydrogens is 485 g/mol. The Balaban J connectivity index is 1.85. The minimum absolute atomic E-state index is 0.0862. The molecule has 1 N–H and O–H groups in total. The van der Waals surface area contributed by atoms with E-state index in [0.717, 1.165) is 0 Å². The van der Waals surface area contributed by atoms with Crippen molar-refractivity contribution in [3.8, 4) is 17.1 Å². The van der Waals surface area contributed by atoms with Crippen LogP contribution in [0.15, 0.2) is 76.4 Å². The predicted molar refractivity (Wildman–Crippen MR) is 130 cm³/mol. The fourth-order valence-electron chi connectivity index (χ4n) is 3.59. The summed E-state index contributed by atoms with van der Waals surface area (Å²) in [6, 6.07) is 17.5. The lowest BCUT2D eigenvalue weighted by Gasteiger charge is -2.10. The third-order valence-corrected chi connectivity index (χ3v) is 5.91. The molecule has 0 aliphatic carbocycles. The molecule has 10 heteroatoms. The molecular formula is C23H14Cl3N5O2. The van der Waals surface area contributed by atoms with Crippen LogP contribution in [0, 0.1) is 0 Å². The average molecular weight is 499 g/mol. The SMILES string of the molecule is O=c1[nH]c(=O)n(Cc2ccc(Cl)cn2)c2nc(-c3ccccc3Cl)n(-c3ccc(Cl)cc3)c12. The molecule has 0 unspecified atom stereocenters. The molecule has 7 nitrogen and oxygen atoms in total. The maximum atomic E-state index is 13.0. The molecule has 0 radical (unpaired) electrons. The van der Waals surface area contributed by atoms with Crippen molar-refractivity contribution >= 4 is 46.0 Å². The molecule has 0 fully saturated rings. The smallest absolute Gasteiger partial charge is 0.286 e. The van der Waals surface area contributed by atoms with Gasteiger partial charge in [-0.15, -0.1) is 0 Å². The Bertz CT molecular complexity index is 1600. The second-order valence-corrected chi connectivity index (χ2v) is 8.49. The van der Waals surface area contributed by atoms with E-state index < -0.39 is 11.2 Å². The molecule has 0 atom stereocenters. The Kier molecular flexibility index (Phi) is 5.54. The van der Waals surface area contributed by atoms with Crippen molar-refractivity contribution < 1.29 is 0 Å². The number of pyridine rings is 1. The third-order valence-electron chi connectivity index (χ3n) is 5.10. The number of aromatic amines is 1. The van der Waals surface area contributed by atoms with Gasteiger partial charge in [-0.3, -0.25) is 23.9 Å². The Morgan fingerprint density at radius 2 is 1.61 bits per heavy atom. The molecule has 0 spiro atoms. The van der Waals surface area contributed by atoms with Crippen molar-refractivity contribution in [3.05, 3.63) is 108 Å². The van der Waals surface area contributed by atoms with E-state index in [-0.39, 0.29) is 17.7 Å². The number of H-pyrrole nitrogens is 1. The molecule has 0 amide bonds. The number of aromatic nitrogens is 5. The van der Waals surface area contributed by atoms with Crippen molar-refractivity contribution in [2.75, 3.05) is 0 Å². The number of fused-ring (bicyclic) bond motifs is 1. The quantitative estimate of drug-likeness (QED) is 0.380. The van der Waals surface area contributed by atoms with Crippen molar-refractivity contribution in [3.63, 3.8) is 0 Å². The van der Waals surface area contributed by atoms with E-state index >= 15 is 0 Å². The van der Waals surface area contributed by atoms with Crippen LogP contribution in [0.1, 0.15) is 5.69 Å². The lowest BCUT2D eigenvalue weighted by Crippen LogP contribution is -2.31. The van der Waals surface area contributed by atoms with Crippen LogP contribution in [0.25, 0.3) is 28.2 Å². The average Bonchev–Trinajstić information content (AvgIpc) is 3.19. The molecule has 33 heavy (non-hydrogen) atoms. The molecule has 0 aliphatic heterocycles. The van der Waals surface area contributed by atoms with Crippen molar-refractivity contribution in [2.24, 2.45) is 0 Å². The number of nitrogens with zero attached hydrogens (tertiary/aromatic N) is 4. The molecule has 3 aromatic heterocycles. The number of hydrogen-bond donors (Lipinski definition) is 1. The highest BCUT2D eigenvalue weighted by atomic mass is 35.5. The molecule has 164 valence electrons. The van der Waals surface area contributed by atoms with E-state index in [2.05, 4.69) is 9.97 Å². The highest BCUT2D eigenvalue weighted by molar-refractivity contribution is 6.33. The van der Waals surface area contributed by atoms with Crippen LogP contribution in [0.3, 0.4) is 0 Å². The second kappa shape index (κ2) is 8.51. The van der Waals surface area contributed by atoms with Gasteiger partial charge in [-0.1, -0.05) is 46.9 Å². The van der Waals surface area contributed by atoms with Crippen molar-refractivity contribution in [2.45, 2.75) is 6.54 Å². The number of imidazole rings is 1. The van der Waals surface area contributed by atoms with Gasteiger partial charge in [0.15, 0.2) is 11.2 Å². The maximum absolute atomic E-state index is 13.0. The summed E-state index contributed by atoms with van der Waals surface area (Å²) in [5.41, 5.74) is 1.04. The molecule has 5 rings (SSSR count). The van der Waals surface area contributed by atoms with Crippen molar-refractivity contribution in [1.29, 1.82) is 0 Å². The van der Waals surface area contributed by atoms with Crippen LogP contribution in [-0.2, 0) is 6.54 Å². The zero-order valence-corrected chi connectivity index (χ0v) is 19.1. The monoisotopic (exact) mass is 497 g/mol. The maximum Gasteiger partial charge on any atom is 0.330 e. The van der Waals surface area contributed by atoms with Crippen molar-refractivity contribution in [1.82, 2.24) is 24.1 Å². The van der Waals surface area contributed by atoms with Gasteiger partial charge >= 0.3 is 5.69 Å². The Morgan fingerprint density at radius 1 is 0.879 bits per heavy atom. The summed E-state index contributed by atoms with van der Waals surface area (Å²) in [7, 11) is 0. The first-order chi connectivity index (χ1) is 15.9. The Labute approximate surface area is 201 Å². The number of benzene rings is 2. The van der Waals surface area contributed by atoms with Gasteiger partial charge in [-0.25, -0.2) is 9.78 Å². The van der Waals surface area contributed by atoms with Gasteiger partial charge in [-0.2, -0.15) is 0 Å². The van der Waals surface area contributed by atoms with Crippen LogP contribution in [0.2, 0.25) is 15.1 Å². The van der Waals surface area contributed by atoms with Gasteiger partial charge in [0.25, 0.3) is 5.56 Å². The molecule has 0 saturated heterocycles. The lowest BCUT2D eigenvalue weighted by atomic mass is 10.2. The summed E-state index contributed by atoms with van der Waals surface area (Å²) in [5.74, 6) is 0.409. The highest BCUT2D eigenvalue weighted by Gasteiger charge is 2.22. The summed E-state index contributed by atoms with van der Waals surface area (Å²) in [4.78, 5) is 37.2. The Morgan fingerprint density at radius 3 is 2.30 bits per heavy atom. The molecule has 0 saturated carbocycles. The van der Waals surface area contributed by atoms with E-state index in [0.29, 0.717) is 37.8 Å². The lowest BCUT2D eigenvalue weighted by molar-refractivity contribution is 0.731. The standard InChI is InChI=1S/C23H14Cl3N5O2/c24-13-6-9-16(10-7-13)31-19-21(28-20(31)17-3-1-2-4-18(17)26)30(23(33)29-22(19)32)12-15-8-5-14(25)11-27-15/h1-11H,12H2,(H,29,32,33). The Hall–Kier alpha value is -3.39. The number of halogens is 3. The van der Waals surface area contributed by atoms with Crippen LogP contribution in [0.4, 0.5) is 0 Å². The van der Waals surface area contributed by atoms with Gasteiger partial charge in [0.2, 0.25) is 0 Å². The minimum Gasteiger partial charge on any atom is -0.286 e. The van der Waals surface area contributed by atoms with Gasteiger partial charge in [0.05, 0.1) is 22.3 Å². The highest BCUT2D eigenvalue weighted by Crippen LogP contribution is 2.31. The topological polar surface area (TPSA) is 85.6 Å². The summed E-state index contributed by atoms with van der Waals surface area (Å²) in [6.45, 7) is 0.0862. The van der Waals surface area contributed by atoms with Gasteiger partial charge < -0.3 is 0 Å². The fraction of sp³-hybridized carbons (Fsp3) is 0.0435. The van der Waals surface area contributed by atoms with Crippen LogP contribution < -0.4 is 11.2 Å².